The van der Waals surface area contributed by atoms with Gasteiger partial charge in [0.2, 0.25) is 0 Å². The second-order valence-corrected chi connectivity index (χ2v) is 7.44. The van der Waals surface area contributed by atoms with E-state index in [1.54, 1.807) is 4.57 Å². The van der Waals surface area contributed by atoms with E-state index in [1.807, 2.05) is 91.1 Å². The Bertz CT molecular complexity index is 1140. The minimum atomic E-state index is -0.0324. The van der Waals surface area contributed by atoms with Gasteiger partial charge in [0.25, 0.3) is 5.56 Å². The van der Waals surface area contributed by atoms with Gasteiger partial charge in [0.1, 0.15) is 12.4 Å². The SMILES string of the molecule is O=c1c(CNCc2ccccc2)c(OCc2ccccc2)ccn1Cc1ccccc1. The lowest BCUT2D eigenvalue weighted by molar-refractivity contribution is 0.300. The molecule has 0 saturated carbocycles. The van der Waals surface area contributed by atoms with E-state index in [0.29, 0.717) is 37.6 Å². The Balaban J connectivity index is 1.55. The Hall–Kier alpha value is -3.63. The largest absolute Gasteiger partial charge is 0.488 e. The van der Waals surface area contributed by atoms with Gasteiger partial charge in [0.15, 0.2) is 0 Å². The van der Waals surface area contributed by atoms with E-state index in [-0.39, 0.29) is 5.56 Å². The Morgan fingerprint density at radius 1 is 0.677 bits per heavy atom. The first-order valence-corrected chi connectivity index (χ1v) is 10.5. The van der Waals surface area contributed by atoms with Crippen LogP contribution in [-0.2, 0) is 26.2 Å². The normalized spacial score (nSPS) is 10.7. The summed E-state index contributed by atoms with van der Waals surface area (Å²) in [6.07, 6.45) is 1.82. The molecule has 0 saturated heterocycles. The zero-order valence-corrected chi connectivity index (χ0v) is 17.4. The molecule has 4 nitrogen and oxygen atoms in total. The summed E-state index contributed by atoms with van der Waals surface area (Å²) in [6.45, 7) is 2.08. The number of hydrogen-bond donors (Lipinski definition) is 1. The quantitative estimate of drug-likeness (QED) is 0.432. The van der Waals surface area contributed by atoms with Crippen molar-refractivity contribution in [3.05, 3.63) is 136 Å². The molecular weight excluding hydrogens is 384 g/mol. The molecule has 1 heterocycles. The molecule has 0 aliphatic rings. The lowest BCUT2D eigenvalue weighted by Crippen LogP contribution is -2.28. The maximum Gasteiger partial charge on any atom is 0.259 e. The standard InChI is InChI=1S/C27H26N2O2/c30-27-25(19-28-18-22-10-4-1-5-11-22)26(31-21-24-14-8-3-9-15-24)16-17-29(27)20-23-12-6-2-7-13-23/h1-17,28H,18-21H2. The number of nitrogens with one attached hydrogen (secondary N) is 1. The minimum Gasteiger partial charge on any atom is -0.488 e. The van der Waals surface area contributed by atoms with E-state index in [4.69, 9.17) is 4.74 Å². The highest BCUT2D eigenvalue weighted by atomic mass is 16.5. The lowest BCUT2D eigenvalue weighted by atomic mass is 10.2. The summed E-state index contributed by atoms with van der Waals surface area (Å²) in [7, 11) is 0. The van der Waals surface area contributed by atoms with Crippen LogP contribution in [0.2, 0.25) is 0 Å². The molecule has 0 amide bonds. The van der Waals surface area contributed by atoms with Crippen LogP contribution in [0, 0.1) is 0 Å². The Morgan fingerprint density at radius 3 is 1.90 bits per heavy atom. The summed E-state index contributed by atoms with van der Waals surface area (Å²) < 4.78 is 7.80. The predicted octanol–water partition coefficient (Wildman–Crippen LogP) is 4.77. The highest BCUT2D eigenvalue weighted by Crippen LogP contribution is 2.17. The monoisotopic (exact) mass is 410 g/mol. The van der Waals surface area contributed by atoms with Gasteiger partial charge in [-0.2, -0.15) is 0 Å². The van der Waals surface area contributed by atoms with Crippen LogP contribution < -0.4 is 15.6 Å². The first-order chi connectivity index (χ1) is 15.3. The van der Waals surface area contributed by atoms with Crippen LogP contribution in [0.25, 0.3) is 0 Å². The van der Waals surface area contributed by atoms with Crippen LogP contribution in [0.3, 0.4) is 0 Å². The number of ether oxygens (including phenoxy) is 1. The van der Waals surface area contributed by atoms with Crippen molar-refractivity contribution < 1.29 is 4.74 Å². The fourth-order valence-corrected chi connectivity index (χ4v) is 3.47. The van der Waals surface area contributed by atoms with Crippen molar-refractivity contribution in [1.29, 1.82) is 0 Å². The second-order valence-electron chi connectivity index (χ2n) is 7.44. The predicted molar refractivity (Wildman–Crippen MR) is 124 cm³/mol. The van der Waals surface area contributed by atoms with Gasteiger partial charge < -0.3 is 14.6 Å². The number of nitrogens with zero attached hydrogens (tertiary/aromatic N) is 1. The zero-order chi connectivity index (χ0) is 21.3. The van der Waals surface area contributed by atoms with Crippen molar-refractivity contribution in [2.24, 2.45) is 0 Å². The van der Waals surface area contributed by atoms with Gasteiger partial charge in [0.05, 0.1) is 12.1 Å². The Kier molecular flexibility index (Phi) is 6.93. The average molecular weight is 411 g/mol. The van der Waals surface area contributed by atoms with Crippen LogP contribution in [0.15, 0.2) is 108 Å². The van der Waals surface area contributed by atoms with Crippen LogP contribution in [0.1, 0.15) is 22.3 Å². The van der Waals surface area contributed by atoms with E-state index in [9.17, 15) is 4.79 Å². The maximum absolute atomic E-state index is 13.3. The molecule has 0 unspecified atom stereocenters. The van der Waals surface area contributed by atoms with Gasteiger partial charge in [-0.3, -0.25) is 4.79 Å². The molecule has 4 rings (SSSR count). The van der Waals surface area contributed by atoms with Gasteiger partial charge in [-0.15, -0.1) is 0 Å². The topological polar surface area (TPSA) is 43.3 Å². The molecule has 0 radical (unpaired) electrons. The van der Waals surface area contributed by atoms with Crippen molar-refractivity contribution in [2.75, 3.05) is 0 Å². The first-order valence-electron chi connectivity index (χ1n) is 10.5. The molecule has 3 aromatic carbocycles. The van der Waals surface area contributed by atoms with E-state index in [1.165, 1.54) is 5.56 Å². The molecule has 156 valence electrons. The molecule has 0 atom stereocenters. The fourth-order valence-electron chi connectivity index (χ4n) is 3.47. The van der Waals surface area contributed by atoms with Crippen molar-refractivity contribution >= 4 is 0 Å². The summed E-state index contributed by atoms with van der Waals surface area (Å²) in [6, 6.07) is 32.0. The zero-order valence-electron chi connectivity index (χ0n) is 17.4. The summed E-state index contributed by atoms with van der Waals surface area (Å²) in [5.41, 5.74) is 3.94. The lowest BCUT2D eigenvalue weighted by Gasteiger charge is -2.15. The van der Waals surface area contributed by atoms with Crippen LogP contribution in [0.4, 0.5) is 0 Å². The third-order valence-electron chi connectivity index (χ3n) is 5.13. The van der Waals surface area contributed by atoms with Gasteiger partial charge >= 0.3 is 0 Å². The van der Waals surface area contributed by atoms with E-state index in [0.717, 1.165) is 11.1 Å². The van der Waals surface area contributed by atoms with Crippen molar-refractivity contribution in [1.82, 2.24) is 9.88 Å². The summed E-state index contributed by atoms with van der Waals surface area (Å²) in [5.74, 6) is 0.624. The Labute approximate surface area is 182 Å². The number of rotatable bonds is 9. The second kappa shape index (κ2) is 10.4. The van der Waals surface area contributed by atoms with Gasteiger partial charge in [-0.25, -0.2) is 0 Å². The summed E-state index contributed by atoms with van der Waals surface area (Å²) >= 11 is 0. The summed E-state index contributed by atoms with van der Waals surface area (Å²) in [4.78, 5) is 13.3. The van der Waals surface area contributed by atoms with Crippen molar-refractivity contribution in [3.63, 3.8) is 0 Å². The molecule has 4 heteroatoms. The first kappa shape index (κ1) is 20.6. The number of pyridine rings is 1. The van der Waals surface area contributed by atoms with Crippen molar-refractivity contribution in [3.8, 4) is 5.75 Å². The molecular formula is C27H26N2O2. The van der Waals surface area contributed by atoms with E-state index in [2.05, 4.69) is 17.4 Å². The third kappa shape index (κ3) is 5.71. The molecule has 31 heavy (non-hydrogen) atoms. The van der Waals surface area contributed by atoms with E-state index >= 15 is 0 Å². The molecule has 1 N–H and O–H groups in total. The highest BCUT2D eigenvalue weighted by Gasteiger charge is 2.12. The average Bonchev–Trinajstić information content (AvgIpc) is 2.83. The number of hydrogen-bond acceptors (Lipinski definition) is 3. The molecule has 4 aromatic rings. The number of aromatic nitrogens is 1. The molecule has 0 spiro atoms. The molecule has 0 fully saturated rings. The smallest absolute Gasteiger partial charge is 0.259 e. The highest BCUT2D eigenvalue weighted by molar-refractivity contribution is 5.32. The molecule has 1 aromatic heterocycles. The molecule has 0 bridgehead atoms. The molecule has 0 aliphatic heterocycles. The van der Waals surface area contributed by atoms with Crippen molar-refractivity contribution in [2.45, 2.75) is 26.2 Å². The Morgan fingerprint density at radius 2 is 1.26 bits per heavy atom. The minimum absolute atomic E-state index is 0.0324. The summed E-state index contributed by atoms with van der Waals surface area (Å²) in [5, 5.41) is 3.40. The van der Waals surface area contributed by atoms with Gasteiger partial charge in [-0.1, -0.05) is 91.0 Å². The fraction of sp³-hybridized carbons (Fsp3) is 0.148. The van der Waals surface area contributed by atoms with E-state index < -0.39 is 0 Å². The molecule has 0 aliphatic carbocycles. The maximum atomic E-state index is 13.3. The van der Waals surface area contributed by atoms with Gasteiger partial charge in [0, 0.05) is 19.3 Å². The van der Waals surface area contributed by atoms with Gasteiger partial charge in [-0.05, 0) is 22.8 Å². The van der Waals surface area contributed by atoms with Crippen LogP contribution in [0.5, 0.6) is 5.75 Å². The third-order valence-corrected chi connectivity index (χ3v) is 5.13. The number of benzene rings is 3. The van der Waals surface area contributed by atoms with Crippen LogP contribution in [-0.4, -0.2) is 4.57 Å². The van der Waals surface area contributed by atoms with Crippen LogP contribution >= 0.6 is 0 Å².